The zero-order chi connectivity index (χ0) is 24.2. The molecule has 12 nitrogen and oxygen atoms in total. The summed E-state index contributed by atoms with van der Waals surface area (Å²) in [7, 11) is 0. The van der Waals surface area contributed by atoms with Crippen LogP contribution in [0.5, 0.6) is 0 Å². The monoisotopic (exact) mass is 463 g/mol. The molecule has 182 valence electrons. The minimum absolute atomic E-state index is 0.147. The van der Waals surface area contributed by atoms with E-state index in [0.29, 0.717) is 43.4 Å². The Morgan fingerprint density at radius 3 is 2.70 bits per heavy atom. The Morgan fingerprint density at radius 2 is 1.97 bits per heavy atom. The smallest absolute Gasteiger partial charge is 0.407 e. The SMILES string of the molecule is CC(C)(C)OC(=O)NCCCCC(=O)NC[C@H]1C[C@@H](O)[C@H](n2cnc3c(N)ncnc32)[C@H]1O. The van der Waals surface area contributed by atoms with Crippen molar-refractivity contribution < 1.29 is 24.5 Å². The zero-order valence-electron chi connectivity index (χ0n) is 19.2. The van der Waals surface area contributed by atoms with Gasteiger partial charge in [-0.25, -0.2) is 19.7 Å². The number of nitrogen functional groups attached to an aromatic ring is 1. The number of aliphatic hydroxyl groups is 2. The third-order valence-corrected chi connectivity index (χ3v) is 5.54. The van der Waals surface area contributed by atoms with Crippen LogP contribution in [0.25, 0.3) is 11.2 Å². The molecular formula is C21H33N7O5. The summed E-state index contributed by atoms with van der Waals surface area (Å²) in [6.45, 7) is 6.04. The van der Waals surface area contributed by atoms with Crippen LogP contribution in [0.3, 0.4) is 0 Å². The van der Waals surface area contributed by atoms with E-state index in [9.17, 15) is 19.8 Å². The van der Waals surface area contributed by atoms with Gasteiger partial charge in [0, 0.05) is 25.4 Å². The molecule has 2 heterocycles. The third-order valence-electron chi connectivity index (χ3n) is 5.54. The summed E-state index contributed by atoms with van der Waals surface area (Å²) in [5.74, 6) is -0.240. The van der Waals surface area contributed by atoms with E-state index in [1.54, 1.807) is 25.3 Å². The molecule has 0 unspecified atom stereocenters. The van der Waals surface area contributed by atoms with E-state index in [0.717, 1.165) is 0 Å². The second-order valence-electron chi connectivity index (χ2n) is 9.32. The summed E-state index contributed by atoms with van der Waals surface area (Å²) in [6, 6.07) is -0.648. The number of carbonyl (C=O) groups is 2. The standard InChI is InChI=1S/C21H33N7O5/c1-21(2,3)33-20(32)23-7-5-4-6-14(30)24-9-12-8-13(29)16(17(12)31)28-11-27-15-18(22)25-10-26-19(15)28/h10-13,16-17,29,31H,4-9H2,1-3H3,(H,23,32)(H,24,30)(H2,22,25,26)/t12-,13-,16+,17+/m1/s1. The molecule has 2 aromatic rings. The fourth-order valence-electron chi connectivity index (χ4n) is 3.99. The Kier molecular flexibility index (Phi) is 7.69. The fourth-order valence-corrected chi connectivity index (χ4v) is 3.99. The van der Waals surface area contributed by atoms with E-state index in [1.807, 2.05) is 0 Å². The molecule has 4 atom stereocenters. The van der Waals surface area contributed by atoms with Gasteiger partial charge >= 0.3 is 6.09 Å². The minimum Gasteiger partial charge on any atom is -0.444 e. The van der Waals surface area contributed by atoms with Gasteiger partial charge in [-0.2, -0.15) is 0 Å². The molecule has 3 rings (SSSR count). The van der Waals surface area contributed by atoms with Gasteiger partial charge in [0.25, 0.3) is 0 Å². The molecule has 0 aliphatic heterocycles. The molecule has 2 amide bonds. The van der Waals surface area contributed by atoms with Gasteiger partial charge in [0.2, 0.25) is 5.91 Å². The van der Waals surface area contributed by atoms with Crippen LogP contribution in [0.1, 0.15) is 52.5 Å². The highest BCUT2D eigenvalue weighted by atomic mass is 16.6. The van der Waals surface area contributed by atoms with Crippen molar-refractivity contribution in [2.45, 2.75) is 70.3 Å². The number of imidazole rings is 1. The average molecular weight is 464 g/mol. The lowest BCUT2D eigenvalue weighted by molar-refractivity contribution is -0.121. The normalized spacial score (nSPS) is 22.9. The first-order valence-electron chi connectivity index (χ1n) is 11.1. The maximum absolute atomic E-state index is 12.2. The number of aromatic nitrogens is 4. The highest BCUT2D eigenvalue weighted by Gasteiger charge is 2.43. The summed E-state index contributed by atoms with van der Waals surface area (Å²) in [5, 5.41) is 26.9. The molecule has 1 saturated carbocycles. The van der Waals surface area contributed by atoms with Crippen molar-refractivity contribution in [3.63, 3.8) is 0 Å². The van der Waals surface area contributed by atoms with Gasteiger partial charge in [-0.15, -0.1) is 0 Å². The van der Waals surface area contributed by atoms with E-state index in [2.05, 4.69) is 25.6 Å². The summed E-state index contributed by atoms with van der Waals surface area (Å²) in [5.41, 5.74) is 6.12. The lowest BCUT2D eigenvalue weighted by Gasteiger charge is -2.22. The molecule has 2 aromatic heterocycles. The molecule has 0 bridgehead atoms. The highest BCUT2D eigenvalue weighted by molar-refractivity contribution is 5.81. The van der Waals surface area contributed by atoms with E-state index in [1.165, 1.54) is 12.7 Å². The molecule has 33 heavy (non-hydrogen) atoms. The van der Waals surface area contributed by atoms with Crippen molar-refractivity contribution in [1.82, 2.24) is 30.2 Å². The Labute approximate surface area is 191 Å². The number of hydrogen-bond donors (Lipinski definition) is 5. The van der Waals surface area contributed by atoms with Crippen molar-refractivity contribution >= 4 is 29.0 Å². The van der Waals surface area contributed by atoms with E-state index < -0.39 is 29.9 Å². The maximum atomic E-state index is 12.2. The summed E-state index contributed by atoms with van der Waals surface area (Å²) in [6.07, 6.45) is 2.46. The second kappa shape index (κ2) is 10.3. The number of nitrogens with zero attached hydrogens (tertiary/aromatic N) is 4. The first-order chi connectivity index (χ1) is 15.6. The average Bonchev–Trinajstić information content (AvgIpc) is 3.26. The van der Waals surface area contributed by atoms with Crippen LogP contribution < -0.4 is 16.4 Å². The molecule has 0 spiro atoms. The number of ether oxygens (including phenoxy) is 1. The quantitative estimate of drug-likeness (QED) is 0.349. The number of anilines is 1. The van der Waals surface area contributed by atoms with Crippen LogP contribution in [-0.2, 0) is 9.53 Å². The van der Waals surface area contributed by atoms with Crippen LogP contribution in [-0.4, -0.2) is 72.6 Å². The predicted molar refractivity (Wildman–Crippen MR) is 120 cm³/mol. The molecule has 1 aliphatic rings. The van der Waals surface area contributed by atoms with Gasteiger partial charge in [-0.3, -0.25) is 4.79 Å². The number of aliphatic hydroxyl groups excluding tert-OH is 2. The van der Waals surface area contributed by atoms with Crippen LogP contribution in [0.15, 0.2) is 12.7 Å². The van der Waals surface area contributed by atoms with Crippen molar-refractivity contribution in [2.75, 3.05) is 18.8 Å². The number of nitrogens with two attached hydrogens (primary N) is 1. The van der Waals surface area contributed by atoms with Gasteiger partial charge in [0.1, 0.15) is 17.4 Å². The summed E-state index contributed by atoms with van der Waals surface area (Å²) < 4.78 is 6.77. The number of alkyl carbamates (subject to hydrolysis) is 1. The van der Waals surface area contributed by atoms with Gasteiger partial charge in [-0.05, 0) is 40.0 Å². The van der Waals surface area contributed by atoms with E-state index in [4.69, 9.17) is 10.5 Å². The largest absolute Gasteiger partial charge is 0.444 e. The third kappa shape index (κ3) is 6.29. The van der Waals surface area contributed by atoms with Crippen LogP contribution in [0, 0.1) is 5.92 Å². The molecule has 1 fully saturated rings. The van der Waals surface area contributed by atoms with Crippen molar-refractivity contribution in [1.29, 1.82) is 0 Å². The van der Waals surface area contributed by atoms with E-state index in [-0.39, 0.29) is 24.2 Å². The van der Waals surface area contributed by atoms with E-state index >= 15 is 0 Å². The number of unbranched alkanes of at least 4 members (excludes halogenated alkanes) is 1. The fraction of sp³-hybridized carbons (Fsp3) is 0.667. The number of carbonyl (C=O) groups excluding carboxylic acids is 2. The minimum atomic E-state index is -0.896. The summed E-state index contributed by atoms with van der Waals surface area (Å²) in [4.78, 5) is 36.0. The summed E-state index contributed by atoms with van der Waals surface area (Å²) >= 11 is 0. The molecule has 0 radical (unpaired) electrons. The van der Waals surface area contributed by atoms with Crippen molar-refractivity contribution in [2.24, 2.45) is 5.92 Å². The zero-order valence-corrected chi connectivity index (χ0v) is 19.2. The second-order valence-corrected chi connectivity index (χ2v) is 9.32. The highest BCUT2D eigenvalue weighted by Crippen LogP contribution is 2.36. The van der Waals surface area contributed by atoms with Gasteiger partial charge < -0.3 is 35.9 Å². The molecule has 6 N–H and O–H groups in total. The topological polar surface area (TPSA) is 178 Å². The van der Waals surface area contributed by atoms with Crippen molar-refractivity contribution in [3.8, 4) is 0 Å². The number of amides is 2. The Hall–Kier alpha value is -2.99. The Morgan fingerprint density at radius 1 is 1.21 bits per heavy atom. The van der Waals surface area contributed by atoms with Crippen molar-refractivity contribution in [3.05, 3.63) is 12.7 Å². The number of rotatable bonds is 8. The molecular weight excluding hydrogens is 430 g/mol. The van der Waals surface area contributed by atoms with Crippen LogP contribution >= 0.6 is 0 Å². The Bertz CT molecular complexity index is 974. The number of hydrogen-bond acceptors (Lipinski definition) is 9. The Balaban J connectivity index is 1.42. The van der Waals surface area contributed by atoms with Gasteiger partial charge in [0.15, 0.2) is 11.5 Å². The maximum Gasteiger partial charge on any atom is 0.407 e. The van der Waals surface area contributed by atoms with Crippen LogP contribution in [0.4, 0.5) is 10.6 Å². The van der Waals surface area contributed by atoms with Crippen LogP contribution in [0.2, 0.25) is 0 Å². The molecule has 0 aromatic carbocycles. The number of nitrogens with one attached hydrogen (secondary N) is 2. The number of fused-ring (bicyclic) bond motifs is 1. The lowest BCUT2D eigenvalue weighted by atomic mass is 10.0. The molecule has 1 aliphatic carbocycles. The first kappa shape index (κ1) is 24.6. The first-order valence-corrected chi connectivity index (χ1v) is 11.1. The predicted octanol–water partition coefficient (Wildman–Crippen LogP) is 0.503. The molecule has 12 heteroatoms. The lowest BCUT2D eigenvalue weighted by Crippen LogP contribution is -2.35. The van der Waals surface area contributed by atoms with Gasteiger partial charge in [-0.1, -0.05) is 0 Å². The van der Waals surface area contributed by atoms with Gasteiger partial charge in [0.05, 0.1) is 24.6 Å². The molecule has 0 saturated heterocycles.